The minimum Gasteiger partial charge on any atom is -0.459 e. The van der Waals surface area contributed by atoms with Crippen LogP contribution in [0.25, 0.3) is 0 Å². The first-order valence-corrected chi connectivity index (χ1v) is 10.2. The Morgan fingerprint density at radius 3 is 2.41 bits per heavy atom. The van der Waals surface area contributed by atoms with Gasteiger partial charge in [-0.3, -0.25) is 9.59 Å². The van der Waals surface area contributed by atoms with Gasteiger partial charge in [0.15, 0.2) is 12.4 Å². The molecule has 32 heavy (non-hydrogen) atoms. The average molecular weight is 434 g/mol. The smallest absolute Gasteiger partial charge is 0.338 e. The summed E-state index contributed by atoms with van der Waals surface area (Å²) in [7, 11) is 0. The molecule has 0 saturated carbocycles. The Morgan fingerprint density at radius 1 is 0.969 bits per heavy atom. The van der Waals surface area contributed by atoms with Crippen molar-refractivity contribution in [2.75, 3.05) is 43.0 Å². The van der Waals surface area contributed by atoms with Gasteiger partial charge in [-0.25, -0.2) is 9.78 Å². The predicted octanol–water partition coefficient (Wildman–Crippen LogP) is 2.43. The fourth-order valence-corrected chi connectivity index (χ4v) is 3.32. The molecule has 1 aliphatic rings. The fraction of sp³-hybridized carbons (Fsp3) is 0.217. The van der Waals surface area contributed by atoms with Crippen molar-refractivity contribution in [3.05, 3.63) is 78.4 Å². The third-order valence-corrected chi connectivity index (χ3v) is 5.06. The summed E-state index contributed by atoms with van der Waals surface area (Å²) in [6.07, 6.45) is 3.15. The maximum absolute atomic E-state index is 12.4. The minimum atomic E-state index is -0.602. The zero-order valence-electron chi connectivity index (χ0n) is 17.3. The molecule has 1 saturated heterocycles. The van der Waals surface area contributed by atoms with Gasteiger partial charge in [0.1, 0.15) is 5.82 Å². The summed E-state index contributed by atoms with van der Waals surface area (Å²) in [5, 5.41) is 2.67. The molecule has 1 aliphatic heterocycles. The highest BCUT2D eigenvalue weighted by atomic mass is 16.5. The first-order valence-electron chi connectivity index (χ1n) is 10.2. The number of benzene rings is 1. The predicted molar refractivity (Wildman–Crippen MR) is 116 cm³/mol. The van der Waals surface area contributed by atoms with E-state index in [0.717, 1.165) is 5.82 Å². The lowest BCUT2D eigenvalue weighted by atomic mass is 10.2. The van der Waals surface area contributed by atoms with Gasteiger partial charge in [-0.05, 0) is 48.5 Å². The number of carbonyl (C=O) groups is 3. The lowest BCUT2D eigenvalue weighted by Gasteiger charge is -2.35. The Morgan fingerprint density at radius 2 is 1.75 bits per heavy atom. The van der Waals surface area contributed by atoms with Gasteiger partial charge < -0.3 is 24.3 Å². The number of aromatic nitrogens is 1. The molecular formula is C23H22N4O5. The number of anilines is 2. The molecule has 9 nitrogen and oxygen atoms in total. The van der Waals surface area contributed by atoms with Crippen molar-refractivity contribution < 1.29 is 23.5 Å². The molecule has 0 aliphatic carbocycles. The molecule has 0 spiro atoms. The van der Waals surface area contributed by atoms with Crippen LogP contribution in [-0.2, 0) is 9.53 Å². The Balaban J connectivity index is 1.23. The quantitative estimate of drug-likeness (QED) is 0.594. The number of ether oxygens (including phenoxy) is 1. The number of furan rings is 1. The number of pyridine rings is 1. The molecule has 1 N–H and O–H groups in total. The highest BCUT2D eigenvalue weighted by Gasteiger charge is 2.23. The van der Waals surface area contributed by atoms with Gasteiger partial charge in [0, 0.05) is 38.1 Å². The summed E-state index contributed by atoms with van der Waals surface area (Å²) in [6, 6.07) is 15.1. The maximum Gasteiger partial charge on any atom is 0.338 e. The monoisotopic (exact) mass is 434 g/mol. The molecule has 0 atom stereocenters. The molecule has 3 aromatic rings. The van der Waals surface area contributed by atoms with Gasteiger partial charge in [0.05, 0.1) is 11.8 Å². The van der Waals surface area contributed by atoms with E-state index >= 15 is 0 Å². The van der Waals surface area contributed by atoms with Gasteiger partial charge in [-0.15, -0.1) is 0 Å². The van der Waals surface area contributed by atoms with Crippen molar-refractivity contribution in [3.63, 3.8) is 0 Å². The Kier molecular flexibility index (Phi) is 6.45. The second-order valence-electron chi connectivity index (χ2n) is 7.14. The van der Waals surface area contributed by atoms with Gasteiger partial charge in [-0.2, -0.15) is 0 Å². The van der Waals surface area contributed by atoms with Crippen LogP contribution >= 0.6 is 0 Å². The van der Waals surface area contributed by atoms with E-state index in [1.54, 1.807) is 35.4 Å². The van der Waals surface area contributed by atoms with Crippen molar-refractivity contribution in [3.8, 4) is 0 Å². The van der Waals surface area contributed by atoms with Crippen molar-refractivity contribution in [2.45, 2.75) is 0 Å². The number of hydrogen-bond donors (Lipinski definition) is 1. The van der Waals surface area contributed by atoms with E-state index in [2.05, 4.69) is 15.2 Å². The maximum atomic E-state index is 12.4. The normalized spacial score (nSPS) is 13.5. The molecule has 4 rings (SSSR count). The van der Waals surface area contributed by atoms with Crippen molar-refractivity contribution >= 4 is 29.3 Å². The van der Waals surface area contributed by atoms with E-state index in [-0.39, 0.29) is 29.7 Å². The second-order valence-corrected chi connectivity index (χ2v) is 7.14. The zero-order chi connectivity index (χ0) is 22.3. The third kappa shape index (κ3) is 5.12. The molecule has 3 heterocycles. The summed E-state index contributed by atoms with van der Waals surface area (Å²) >= 11 is 0. The molecular weight excluding hydrogens is 412 g/mol. The molecule has 0 radical (unpaired) electrons. The zero-order valence-corrected chi connectivity index (χ0v) is 17.3. The topological polar surface area (TPSA) is 105 Å². The molecule has 0 unspecified atom stereocenters. The largest absolute Gasteiger partial charge is 0.459 e. The van der Waals surface area contributed by atoms with Crippen LogP contribution in [0.2, 0.25) is 0 Å². The molecule has 2 amide bonds. The summed E-state index contributed by atoms with van der Waals surface area (Å²) < 4.78 is 10.2. The fourth-order valence-electron chi connectivity index (χ4n) is 3.32. The van der Waals surface area contributed by atoms with E-state index in [1.165, 1.54) is 18.4 Å². The van der Waals surface area contributed by atoms with Crippen LogP contribution in [0.15, 0.2) is 71.5 Å². The first-order chi connectivity index (χ1) is 15.6. The van der Waals surface area contributed by atoms with Gasteiger partial charge in [-0.1, -0.05) is 6.07 Å². The molecule has 0 bridgehead atoms. The highest BCUT2D eigenvalue weighted by Crippen LogP contribution is 2.14. The number of piperazine rings is 1. The number of hydrogen-bond acceptors (Lipinski definition) is 7. The highest BCUT2D eigenvalue weighted by molar-refractivity contribution is 6.02. The van der Waals surface area contributed by atoms with Gasteiger partial charge >= 0.3 is 5.97 Å². The number of nitrogens with zero attached hydrogens (tertiary/aromatic N) is 3. The van der Waals surface area contributed by atoms with Gasteiger partial charge in [0.25, 0.3) is 11.8 Å². The van der Waals surface area contributed by atoms with Crippen LogP contribution in [0.5, 0.6) is 0 Å². The average Bonchev–Trinajstić information content (AvgIpc) is 3.39. The van der Waals surface area contributed by atoms with E-state index in [0.29, 0.717) is 31.9 Å². The summed E-state index contributed by atoms with van der Waals surface area (Å²) in [6.45, 7) is 2.09. The van der Waals surface area contributed by atoms with Crippen molar-refractivity contribution in [1.29, 1.82) is 0 Å². The summed E-state index contributed by atoms with van der Waals surface area (Å²) in [4.78, 5) is 44.8. The van der Waals surface area contributed by atoms with E-state index < -0.39 is 5.97 Å². The molecule has 2 aromatic heterocycles. The van der Waals surface area contributed by atoms with Crippen molar-refractivity contribution in [2.24, 2.45) is 0 Å². The van der Waals surface area contributed by atoms with Crippen LogP contribution in [0, 0.1) is 0 Å². The molecule has 1 aromatic carbocycles. The SMILES string of the molecule is O=C(OCC(=O)N1CCN(c2ccccn2)CC1)c1ccc(NC(=O)c2ccco2)cc1. The van der Waals surface area contributed by atoms with Crippen LogP contribution in [-0.4, -0.2) is 60.5 Å². The molecule has 164 valence electrons. The number of amides is 2. The van der Waals surface area contributed by atoms with Crippen molar-refractivity contribution in [1.82, 2.24) is 9.88 Å². The summed E-state index contributed by atoms with van der Waals surface area (Å²) in [5.74, 6) is -0.155. The number of nitrogens with one attached hydrogen (secondary N) is 1. The van der Waals surface area contributed by atoms with Gasteiger partial charge in [0.2, 0.25) is 0 Å². The van der Waals surface area contributed by atoms with Crippen LogP contribution in [0.3, 0.4) is 0 Å². The number of esters is 1. The third-order valence-electron chi connectivity index (χ3n) is 5.06. The number of rotatable bonds is 6. The Labute approximate surface area is 184 Å². The lowest BCUT2D eigenvalue weighted by Crippen LogP contribution is -2.50. The Hall–Kier alpha value is -4.14. The molecule has 1 fully saturated rings. The number of carbonyl (C=O) groups excluding carboxylic acids is 3. The van der Waals surface area contributed by atoms with Crippen LogP contribution < -0.4 is 10.2 Å². The van der Waals surface area contributed by atoms with E-state index in [9.17, 15) is 14.4 Å². The second kappa shape index (κ2) is 9.78. The first kappa shape index (κ1) is 21.1. The van der Waals surface area contributed by atoms with E-state index in [4.69, 9.17) is 9.15 Å². The lowest BCUT2D eigenvalue weighted by molar-refractivity contribution is -0.134. The van der Waals surface area contributed by atoms with Crippen LogP contribution in [0.1, 0.15) is 20.9 Å². The van der Waals surface area contributed by atoms with Crippen LogP contribution in [0.4, 0.5) is 11.5 Å². The minimum absolute atomic E-state index is 0.188. The molecule has 9 heteroatoms. The van der Waals surface area contributed by atoms with E-state index in [1.807, 2.05) is 18.2 Å². The Bertz CT molecular complexity index is 1060. The standard InChI is InChI=1S/C23H22N4O5/c28-21(27-13-11-26(12-14-27)20-5-1-2-10-24-20)16-32-23(30)17-6-8-18(9-7-17)25-22(29)19-4-3-15-31-19/h1-10,15H,11-14,16H2,(H,25,29). The summed E-state index contributed by atoms with van der Waals surface area (Å²) in [5.41, 5.74) is 0.790.